The molecule has 4 rings (SSSR count). The van der Waals surface area contributed by atoms with Crippen LogP contribution in [0.15, 0.2) is 72.8 Å². The molecule has 1 aliphatic heterocycles. The molecular formula is C25H18N2O7. The number of rotatable bonds is 7. The van der Waals surface area contributed by atoms with Gasteiger partial charge < -0.3 is 15.5 Å². The monoisotopic (exact) mass is 458 g/mol. The molecule has 0 aliphatic carbocycles. The van der Waals surface area contributed by atoms with Crippen LogP contribution in [0, 0.1) is 0 Å². The molecule has 0 radical (unpaired) electrons. The first-order valence-electron chi connectivity index (χ1n) is 10.2. The lowest BCUT2D eigenvalue weighted by atomic mass is 10.0. The normalized spacial score (nSPS) is 13.4. The van der Waals surface area contributed by atoms with Crippen LogP contribution in [0.3, 0.4) is 0 Å². The van der Waals surface area contributed by atoms with Gasteiger partial charge in [0.15, 0.2) is 0 Å². The van der Waals surface area contributed by atoms with Crippen molar-refractivity contribution in [2.24, 2.45) is 0 Å². The lowest BCUT2D eigenvalue weighted by Crippen LogP contribution is -2.48. The van der Waals surface area contributed by atoms with Gasteiger partial charge in [0.1, 0.15) is 6.04 Å². The zero-order valence-corrected chi connectivity index (χ0v) is 17.6. The third-order valence-corrected chi connectivity index (χ3v) is 5.41. The van der Waals surface area contributed by atoms with E-state index in [2.05, 4.69) is 5.32 Å². The average molecular weight is 458 g/mol. The Morgan fingerprint density at radius 1 is 0.765 bits per heavy atom. The van der Waals surface area contributed by atoms with Gasteiger partial charge in [0.2, 0.25) is 5.91 Å². The molecular weight excluding hydrogens is 440 g/mol. The third kappa shape index (κ3) is 4.26. The second-order valence-electron chi connectivity index (χ2n) is 7.63. The highest BCUT2D eigenvalue weighted by molar-refractivity contribution is 6.23. The Morgan fingerprint density at radius 2 is 1.26 bits per heavy atom. The predicted octanol–water partition coefficient (Wildman–Crippen LogP) is 2.93. The van der Waals surface area contributed by atoms with Crippen LogP contribution in [0.1, 0.15) is 47.0 Å². The van der Waals surface area contributed by atoms with Crippen LogP contribution >= 0.6 is 0 Å². The number of benzene rings is 3. The van der Waals surface area contributed by atoms with E-state index in [0.717, 1.165) is 23.1 Å². The number of carbonyl (C=O) groups excluding carboxylic acids is 3. The summed E-state index contributed by atoms with van der Waals surface area (Å²) in [6, 6.07) is 16.9. The summed E-state index contributed by atoms with van der Waals surface area (Å²) in [4.78, 5) is 63.2. The Morgan fingerprint density at radius 3 is 1.76 bits per heavy atom. The quantitative estimate of drug-likeness (QED) is 0.462. The molecule has 0 aromatic heterocycles. The van der Waals surface area contributed by atoms with Gasteiger partial charge in [-0.3, -0.25) is 19.3 Å². The fraction of sp³-hybridized carbons (Fsp3) is 0.0800. The molecule has 1 aliphatic rings. The van der Waals surface area contributed by atoms with Gasteiger partial charge in [0, 0.05) is 12.1 Å². The average Bonchev–Trinajstić information content (AvgIpc) is 3.08. The van der Waals surface area contributed by atoms with E-state index in [0.29, 0.717) is 5.56 Å². The number of aromatic carboxylic acids is 2. The molecule has 0 spiro atoms. The molecule has 0 saturated carbocycles. The molecule has 1 heterocycles. The zero-order valence-electron chi connectivity index (χ0n) is 17.6. The largest absolute Gasteiger partial charge is 0.478 e. The number of carboxylic acids is 2. The molecule has 1 atom stereocenters. The minimum Gasteiger partial charge on any atom is -0.478 e. The molecule has 3 N–H and O–H groups in total. The highest BCUT2D eigenvalue weighted by Crippen LogP contribution is 2.27. The third-order valence-electron chi connectivity index (χ3n) is 5.41. The number of hydrogen-bond acceptors (Lipinski definition) is 5. The number of hydrogen-bond donors (Lipinski definition) is 3. The molecule has 34 heavy (non-hydrogen) atoms. The molecule has 0 saturated heterocycles. The lowest BCUT2D eigenvalue weighted by Gasteiger charge is -2.25. The molecule has 0 fully saturated rings. The van der Waals surface area contributed by atoms with E-state index in [4.69, 9.17) is 0 Å². The summed E-state index contributed by atoms with van der Waals surface area (Å²) in [5.74, 6) is -4.76. The summed E-state index contributed by atoms with van der Waals surface area (Å²) in [5.41, 5.74) is 0.284. The number of amides is 3. The van der Waals surface area contributed by atoms with Crippen LogP contribution in [0.4, 0.5) is 5.69 Å². The second-order valence-corrected chi connectivity index (χ2v) is 7.63. The Balaban J connectivity index is 1.71. The Kier molecular flexibility index (Phi) is 5.92. The topological polar surface area (TPSA) is 141 Å². The maximum Gasteiger partial charge on any atom is 0.335 e. The fourth-order valence-electron chi connectivity index (χ4n) is 3.80. The molecule has 9 heteroatoms. The van der Waals surface area contributed by atoms with Crippen molar-refractivity contribution in [3.05, 3.63) is 101 Å². The molecule has 1 unspecified atom stereocenters. The lowest BCUT2D eigenvalue weighted by molar-refractivity contribution is -0.119. The number of carboxylic acid groups (broad SMARTS) is 2. The Bertz CT molecular complexity index is 1270. The number of carbonyl (C=O) groups is 5. The van der Waals surface area contributed by atoms with Gasteiger partial charge in [-0.25, -0.2) is 9.59 Å². The van der Waals surface area contributed by atoms with Crippen molar-refractivity contribution in [3.8, 4) is 0 Å². The van der Waals surface area contributed by atoms with Gasteiger partial charge in [-0.1, -0.05) is 42.5 Å². The summed E-state index contributed by atoms with van der Waals surface area (Å²) in [7, 11) is 0. The number of nitrogens with one attached hydrogen (secondary N) is 1. The van der Waals surface area contributed by atoms with Gasteiger partial charge in [-0.2, -0.15) is 0 Å². The molecule has 9 nitrogen and oxygen atoms in total. The van der Waals surface area contributed by atoms with Crippen LogP contribution in [0.2, 0.25) is 0 Å². The molecule has 3 amide bonds. The zero-order chi connectivity index (χ0) is 24.4. The summed E-state index contributed by atoms with van der Waals surface area (Å²) < 4.78 is 0. The Hall–Kier alpha value is -4.79. The van der Waals surface area contributed by atoms with Gasteiger partial charge in [0.25, 0.3) is 11.8 Å². The van der Waals surface area contributed by atoms with Crippen LogP contribution in [0.5, 0.6) is 0 Å². The van der Waals surface area contributed by atoms with Crippen LogP contribution in [-0.4, -0.2) is 50.8 Å². The number of anilines is 1. The maximum atomic E-state index is 13.4. The number of fused-ring (bicyclic) bond motifs is 1. The van der Waals surface area contributed by atoms with E-state index in [9.17, 15) is 34.2 Å². The van der Waals surface area contributed by atoms with E-state index in [1.807, 2.05) is 0 Å². The fourth-order valence-corrected chi connectivity index (χ4v) is 3.80. The van der Waals surface area contributed by atoms with Crippen molar-refractivity contribution in [1.29, 1.82) is 0 Å². The maximum absolute atomic E-state index is 13.4. The smallest absolute Gasteiger partial charge is 0.335 e. The number of imide groups is 1. The first kappa shape index (κ1) is 22.4. The second kappa shape index (κ2) is 8.99. The van der Waals surface area contributed by atoms with Crippen LogP contribution in [0.25, 0.3) is 0 Å². The van der Waals surface area contributed by atoms with Crippen LogP contribution in [-0.2, 0) is 11.2 Å². The van der Waals surface area contributed by atoms with E-state index in [1.54, 1.807) is 42.5 Å². The highest BCUT2D eigenvalue weighted by Gasteiger charge is 2.42. The first-order valence-corrected chi connectivity index (χ1v) is 10.2. The van der Waals surface area contributed by atoms with Crippen molar-refractivity contribution >= 4 is 35.3 Å². The minimum atomic E-state index is -1.38. The van der Waals surface area contributed by atoms with Crippen LogP contribution < -0.4 is 5.32 Å². The highest BCUT2D eigenvalue weighted by atomic mass is 16.4. The molecule has 3 aromatic rings. The van der Waals surface area contributed by atoms with E-state index < -0.39 is 35.7 Å². The Labute approximate surface area is 193 Å². The van der Waals surface area contributed by atoms with E-state index >= 15 is 0 Å². The van der Waals surface area contributed by atoms with Gasteiger partial charge in [0.05, 0.1) is 22.3 Å². The van der Waals surface area contributed by atoms with E-state index in [1.165, 1.54) is 12.1 Å². The van der Waals surface area contributed by atoms with Crippen molar-refractivity contribution in [2.45, 2.75) is 12.5 Å². The number of nitrogens with zero attached hydrogens (tertiary/aromatic N) is 1. The summed E-state index contributed by atoms with van der Waals surface area (Å²) in [5, 5.41) is 21.1. The van der Waals surface area contributed by atoms with E-state index in [-0.39, 0.29) is 34.4 Å². The van der Waals surface area contributed by atoms with Crippen molar-refractivity contribution in [1.82, 2.24) is 4.90 Å². The van der Waals surface area contributed by atoms with Crippen molar-refractivity contribution < 1.29 is 34.2 Å². The van der Waals surface area contributed by atoms with Crippen molar-refractivity contribution in [3.63, 3.8) is 0 Å². The summed E-state index contributed by atoms with van der Waals surface area (Å²) >= 11 is 0. The first-order chi connectivity index (χ1) is 16.3. The summed E-state index contributed by atoms with van der Waals surface area (Å²) in [6.07, 6.45) is 0.00253. The summed E-state index contributed by atoms with van der Waals surface area (Å²) in [6.45, 7) is 0. The molecule has 0 bridgehead atoms. The van der Waals surface area contributed by atoms with Gasteiger partial charge in [-0.15, -0.1) is 0 Å². The van der Waals surface area contributed by atoms with Gasteiger partial charge >= 0.3 is 11.9 Å². The van der Waals surface area contributed by atoms with Crippen molar-refractivity contribution in [2.75, 3.05) is 5.32 Å². The molecule has 170 valence electrons. The minimum absolute atomic E-state index is 0.00253. The molecule has 3 aromatic carbocycles. The SMILES string of the molecule is O=C(O)c1cc(NC(=O)C(Cc2ccccc2)N2C(=O)c3ccccc3C2=O)cc(C(=O)O)c1. The van der Waals surface area contributed by atoms with Gasteiger partial charge in [-0.05, 0) is 35.9 Å². The standard InChI is InChI=1S/C25H18N2O7/c28-21(26-17-12-15(24(31)32)11-16(13-17)25(33)34)20(10-14-6-2-1-3-7-14)27-22(29)18-8-4-5-9-19(18)23(27)30/h1-9,11-13,20H,10H2,(H,26,28)(H,31,32)(H,33,34). The predicted molar refractivity (Wildman–Crippen MR) is 120 cm³/mol.